The first-order valence-electron chi connectivity index (χ1n) is 13.1. The van der Waals surface area contributed by atoms with E-state index in [0.717, 1.165) is 4.90 Å². The molecule has 2 aromatic heterocycles. The highest BCUT2D eigenvalue weighted by Gasteiger charge is 2.39. The molecule has 2 aromatic carbocycles. The van der Waals surface area contributed by atoms with Gasteiger partial charge in [-0.05, 0) is 31.2 Å². The van der Waals surface area contributed by atoms with E-state index in [2.05, 4.69) is 31.3 Å². The largest absolute Gasteiger partial charge is 0.412 e. The van der Waals surface area contributed by atoms with Crippen LogP contribution in [0.5, 0.6) is 5.75 Å². The summed E-state index contributed by atoms with van der Waals surface area (Å²) in [4.78, 5) is 52.0. The molecule has 0 aliphatic carbocycles. The molecule has 16 heteroatoms. The molecule has 2 atom stereocenters. The molecule has 1 fully saturated rings. The standard InChI is InChI=1S/C27H25ClF2N8O5/c1-14(39)19-12-37(21-6-5-17(8-18(19)21)43-27(42)32-10-23-33-35-36-34-23)13-24(40)38-11-16(29)7-22(38)26(41)31-9-15-3-2-4-20(28)25(15)30/h2-6,8,12,16,22H,7,9-11,13H2,1H3,(H,31,41)(H,32,42)(H,33,34,35,36)/t16-,22+/m1/s1. The highest BCUT2D eigenvalue weighted by Crippen LogP contribution is 2.28. The summed E-state index contributed by atoms with van der Waals surface area (Å²) in [6.45, 7) is 0.544. The number of tetrazole rings is 1. The average molecular weight is 615 g/mol. The minimum Gasteiger partial charge on any atom is -0.410 e. The Morgan fingerprint density at radius 2 is 1.98 bits per heavy atom. The van der Waals surface area contributed by atoms with Crippen molar-refractivity contribution in [3.8, 4) is 5.75 Å². The number of likely N-dealkylation sites (tertiary alicyclic amines) is 1. The first kappa shape index (κ1) is 29.6. The van der Waals surface area contributed by atoms with E-state index in [-0.39, 0.29) is 66.1 Å². The van der Waals surface area contributed by atoms with Gasteiger partial charge >= 0.3 is 6.09 Å². The fraction of sp³-hybridized carbons (Fsp3) is 0.296. The van der Waals surface area contributed by atoms with Gasteiger partial charge in [0.2, 0.25) is 11.8 Å². The van der Waals surface area contributed by atoms with Gasteiger partial charge in [0.25, 0.3) is 0 Å². The van der Waals surface area contributed by atoms with Crippen molar-refractivity contribution in [3.05, 3.63) is 70.4 Å². The van der Waals surface area contributed by atoms with E-state index < -0.39 is 35.9 Å². The molecule has 1 saturated heterocycles. The van der Waals surface area contributed by atoms with Gasteiger partial charge in [0.05, 0.1) is 18.1 Å². The second-order valence-electron chi connectivity index (χ2n) is 9.80. The van der Waals surface area contributed by atoms with Gasteiger partial charge in [0, 0.05) is 41.2 Å². The lowest BCUT2D eigenvalue weighted by atomic mass is 10.1. The number of carbonyl (C=O) groups is 4. The minimum atomic E-state index is -1.43. The summed E-state index contributed by atoms with van der Waals surface area (Å²) in [6.07, 6.45) is -0.954. The number of amides is 3. The van der Waals surface area contributed by atoms with Crippen LogP contribution < -0.4 is 15.4 Å². The topological polar surface area (TPSA) is 164 Å². The Kier molecular flexibility index (Phi) is 8.61. The number of nitrogens with zero attached hydrogens (tertiary/aromatic N) is 5. The molecule has 0 radical (unpaired) electrons. The number of alkyl halides is 1. The van der Waals surface area contributed by atoms with Gasteiger partial charge in [-0.15, -0.1) is 10.2 Å². The third kappa shape index (κ3) is 6.61. The van der Waals surface area contributed by atoms with Crippen LogP contribution in [-0.4, -0.2) is 72.5 Å². The first-order valence-corrected chi connectivity index (χ1v) is 13.4. The molecule has 0 bridgehead atoms. The number of halogens is 3. The predicted molar refractivity (Wildman–Crippen MR) is 147 cm³/mol. The van der Waals surface area contributed by atoms with Crippen molar-refractivity contribution >= 4 is 46.2 Å². The van der Waals surface area contributed by atoms with Crippen molar-refractivity contribution in [2.75, 3.05) is 6.54 Å². The Morgan fingerprint density at radius 1 is 1.16 bits per heavy atom. The van der Waals surface area contributed by atoms with Crippen molar-refractivity contribution in [2.24, 2.45) is 0 Å². The molecule has 3 N–H and O–H groups in total. The van der Waals surface area contributed by atoms with Crippen molar-refractivity contribution in [1.29, 1.82) is 0 Å². The van der Waals surface area contributed by atoms with Crippen molar-refractivity contribution < 1.29 is 32.7 Å². The van der Waals surface area contributed by atoms with Crippen molar-refractivity contribution in [3.63, 3.8) is 0 Å². The number of carbonyl (C=O) groups excluding carboxylic acids is 4. The van der Waals surface area contributed by atoms with Crippen LogP contribution in [0.25, 0.3) is 10.9 Å². The summed E-state index contributed by atoms with van der Waals surface area (Å²) in [6, 6.07) is 7.81. The van der Waals surface area contributed by atoms with E-state index in [1.807, 2.05) is 0 Å². The fourth-order valence-electron chi connectivity index (χ4n) is 4.83. The van der Waals surface area contributed by atoms with Crippen LogP contribution in [0.3, 0.4) is 0 Å². The predicted octanol–water partition coefficient (Wildman–Crippen LogP) is 2.69. The number of ether oxygens (including phenoxy) is 1. The number of aromatic nitrogens is 5. The number of fused-ring (bicyclic) bond motifs is 1. The second-order valence-corrected chi connectivity index (χ2v) is 10.2. The Balaban J connectivity index is 1.29. The highest BCUT2D eigenvalue weighted by molar-refractivity contribution is 6.30. The van der Waals surface area contributed by atoms with E-state index in [4.69, 9.17) is 16.3 Å². The van der Waals surface area contributed by atoms with Gasteiger partial charge in [-0.25, -0.2) is 13.6 Å². The first-order chi connectivity index (χ1) is 20.6. The number of ketones is 1. The van der Waals surface area contributed by atoms with E-state index in [1.165, 1.54) is 48.0 Å². The lowest BCUT2D eigenvalue weighted by Gasteiger charge is -2.24. The van der Waals surface area contributed by atoms with Crippen molar-refractivity contribution in [1.82, 2.24) is 40.7 Å². The number of H-pyrrole nitrogens is 1. The summed E-state index contributed by atoms with van der Waals surface area (Å²) in [5, 5.41) is 18.4. The summed E-state index contributed by atoms with van der Waals surface area (Å²) >= 11 is 5.80. The number of Topliss-reactive ketones (excluding diaryl/α,β-unsaturated/α-hetero) is 1. The lowest BCUT2D eigenvalue weighted by Crippen LogP contribution is -2.46. The number of benzene rings is 2. The maximum absolute atomic E-state index is 14.4. The Bertz CT molecular complexity index is 1700. The van der Waals surface area contributed by atoms with E-state index in [0.29, 0.717) is 10.9 Å². The van der Waals surface area contributed by atoms with E-state index in [1.54, 1.807) is 6.07 Å². The maximum Gasteiger partial charge on any atom is 0.412 e. The molecule has 3 amide bonds. The van der Waals surface area contributed by atoms with Crippen LogP contribution in [0.1, 0.15) is 35.1 Å². The van der Waals surface area contributed by atoms with Gasteiger partial charge in [0.1, 0.15) is 30.3 Å². The van der Waals surface area contributed by atoms with Gasteiger partial charge in [-0.3, -0.25) is 14.4 Å². The molecule has 0 saturated carbocycles. The smallest absolute Gasteiger partial charge is 0.410 e. The maximum atomic E-state index is 14.4. The van der Waals surface area contributed by atoms with Gasteiger partial charge < -0.3 is 24.8 Å². The van der Waals surface area contributed by atoms with Gasteiger partial charge in [-0.2, -0.15) is 5.21 Å². The zero-order valence-corrected chi connectivity index (χ0v) is 23.4. The monoisotopic (exact) mass is 614 g/mol. The van der Waals surface area contributed by atoms with Crippen LogP contribution >= 0.6 is 11.6 Å². The number of nitrogens with one attached hydrogen (secondary N) is 3. The lowest BCUT2D eigenvalue weighted by molar-refractivity contribution is -0.139. The molecule has 43 heavy (non-hydrogen) atoms. The Hall–Kier alpha value is -4.92. The fourth-order valence-corrected chi connectivity index (χ4v) is 5.03. The molecule has 5 rings (SSSR count). The summed E-state index contributed by atoms with van der Waals surface area (Å²) in [5.41, 5.74) is 0.895. The zero-order chi connectivity index (χ0) is 30.7. The van der Waals surface area contributed by atoms with Crippen LogP contribution in [0.15, 0.2) is 42.6 Å². The van der Waals surface area contributed by atoms with E-state index in [9.17, 15) is 28.0 Å². The summed E-state index contributed by atoms with van der Waals surface area (Å²) < 4.78 is 35.5. The number of rotatable bonds is 9. The summed E-state index contributed by atoms with van der Waals surface area (Å²) in [5.74, 6) is -1.77. The normalized spacial score (nSPS) is 16.3. The number of hydrogen-bond acceptors (Lipinski definition) is 8. The Morgan fingerprint density at radius 3 is 2.72 bits per heavy atom. The van der Waals surface area contributed by atoms with Crippen molar-refractivity contribution in [2.45, 2.75) is 45.2 Å². The molecule has 3 heterocycles. The number of aromatic amines is 1. The Labute approximate surface area is 247 Å². The van der Waals surface area contributed by atoms with Crippen LogP contribution in [0, 0.1) is 5.82 Å². The molecule has 1 aliphatic heterocycles. The average Bonchev–Trinajstić information content (AvgIpc) is 3.72. The zero-order valence-electron chi connectivity index (χ0n) is 22.6. The quantitative estimate of drug-likeness (QED) is 0.242. The van der Waals surface area contributed by atoms with Gasteiger partial charge in [-0.1, -0.05) is 28.9 Å². The van der Waals surface area contributed by atoms with Crippen LogP contribution in [-0.2, 0) is 29.2 Å². The van der Waals surface area contributed by atoms with Crippen LogP contribution in [0.4, 0.5) is 13.6 Å². The molecule has 0 spiro atoms. The van der Waals surface area contributed by atoms with Gasteiger partial charge in [0.15, 0.2) is 11.6 Å². The van der Waals surface area contributed by atoms with Crippen LogP contribution in [0.2, 0.25) is 5.02 Å². The number of hydrogen-bond donors (Lipinski definition) is 3. The third-order valence-corrected chi connectivity index (χ3v) is 7.18. The molecule has 13 nitrogen and oxygen atoms in total. The molecule has 224 valence electrons. The minimum absolute atomic E-state index is 0.0263. The highest BCUT2D eigenvalue weighted by atomic mass is 35.5. The summed E-state index contributed by atoms with van der Waals surface area (Å²) in [7, 11) is 0. The molecular weight excluding hydrogens is 590 g/mol. The molecular formula is C27H25ClF2N8O5. The molecule has 4 aromatic rings. The SMILES string of the molecule is CC(=O)c1cn(CC(=O)N2C[C@H](F)C[C@H]2C(=O)NCc2cccc(Cl)c2F)c2ccc(OC(=O)NCc3nn[nH]n3)cc12. The molecule has 1 aliphatic rings. The van der Waals surface area contributed by atoms with E-state index >= 15 is 0 Å². The molecule has 0 unspecified atom stereocenters. The third-order valence-electron chi connectivity index (χ3n) is 6.89. The second kappa shape index (κ2) is 12.5.